The second kappa shape index (κ2) is 8.49. The molecule has 0 spiro atoms. The summed E-state index contributed by atoms with van der Waals surface area (Å²) in [6, 6.07) is 8.66. The summed E-state index contributed by atoms with van der Waals surface area (Å²) in [6.07, 6.45) is 4.82. The van der Waals surface area contributed by atoms with E-state index >= 15 is 0 Å². The maximum atomic E-state index is 12.4. The first-order valence-electron chi connectivity index (χ1n) is 9.06. The van der Waals surface area contributed by atoms with Crippen LogP contribution >= 0.6 is 34.9 Å². The van der Waals surface area contributed by atoms with Crippen LogP contribution < -0.4 is 4.72 Å². The van der Waals surface area contributed by atoms with E-state index in [1.54, 1.807) is 18.3 Å². The number of hydrogen-bond acceptors (Lipinski definition) is 5. The van der Waals surface area contributed by atoms with Crippen LogP contribution in [-0.4, -0.2) is 20.0 Å². The molecule has 1 N–H and O–H groups in total. The minimum Gasteiger partial charge on any atom is -0.333 e. The Bertz CT molecular complexity index is 1190. The summed E-state index contributed by atoms with van der Waals surface area (Å²) in [5, 5.41) is 4.08. The van der Waals surface area contributed by atoms with E-state index in [0.29, 0.717) is 16.3 Å². The molecule has 0 bridgehead atoms. The van der Waals surface area contributed by atoms with Crippen LogP contribution in [0.3, 0.4) is 0 Å². The molecule has 10 heteroatoms. The van der Waals surface area contributed by atoms with Gasteiger partial charge in [0.2, 0.25) is 0 Å². The van der Waals surface area contributed by atoms with Crippen molar-refractivity contribution in [1.29, 1.82) is 0 Å². The molecule has 0 aliphatic rings. The highest BCUT2D eigenvalue weighted by atomic mass is 35.5. The Kier molecular flexibility index (Phi) is 5.95. The highest BCUT2D eigenvalue weighted by Crippen LogP contribution is 2.37. The van der Waals surface area contributed by atoms with E-state index in [2.05, 4.69) is 21.2 Å². The Morgan fingerprint density at radius 2 is 2.03 bits per heavy atom. The number of benzene rings is 1. The van der Waals surface area contributed by atoms with Crippen LogP contribution in [0.5, 0.6) is 0 Å². The zero-order valence-electron chi connectivity index (χ0n) is 15.7. The highest BCUT2D eigenvalue weighted by Gasteiger charge is 2.29. The highest BCUT2D eigenvalue weighted by molar-refractivity contribution is 8.01. The molecule has 156 valence electrons. The fourth-order valence-electron chi connectivity index (χ4n) is 3.12. The Labute approximate surface area is 184 Å². The maximum Gasteiger partial charge on any atom is 0.461 e. The molecular formula is C20H16ClF3N4S2. The quantitative estimate of drug-likeness (QED) is 0.298. The van der Waals surface area contributed by atoms with Crippen molar-refractivity contribution < 1.29 is 13.2 Å². The fraction of sp³-hybridized carbons (Fsp3) is 0.200. The van der Waals surface area contributed by atoms with Crippen molar-refractivity contribution in [2.45, 2.75) is 25.4 Å². The van der Waals surface area contributed by atoms with Gasteiger partial charge in [-0.2, -0.15) is 13.2 Å². The van der Waals surface area contributed by atoms with E-state index in [4.69, 9.17) is 16.6 Å². The average molecular weight is 469 g/mol. The number of nitrogens with one attached hydrogen (secondary N) is 1. The van der Waals surface area contributed by atoms with Crippen LogP contribution in [0, 0.1) is 0 Å². The number of aromatic nitrogens is 3. The second-order valence-electron chi connectivity index (χ2n) is 6.49. The first-order valence-corrected chi connectivity index (χ1v) is 11.1. The molecule has 0 fully saturated rings. The molecule has 0 radical (unpaired) electrons. The molecule has 0 saturated heterocycles. The maximum absolute atomic E-state index is 12.4. The van der Waals surface area contributed by atoms with Crippen molar-refractivity contribution in [1.82, 2.24) is 14.5 Å². The third-order valence-corrected chi connectivity index (χ3v) is 6.15. The van der Waals surface area contributed by atoms with Crippen LogP contribution in [0.4, 0.5) is 18.9 Å². The van der Waals surface area contributed by atoms with Crippen LogP contribution in [0.15, 0.2) is 48.1 Å². The van der Waals surface area contributed by atoms with Gasteiger partial charge in [0.1, 0.15) is 10.7 Å². The molecule has 30 heavy (non-hydrogen) atoms. The first-order chi connectivity index (χ1) is 14.4. The molecule has 3 heterocycles. The van der Waals surface area contributed by atoms with E-state index in [9.17, 15) is 13.2 Å². The second-order valence-corrected chi connectivity index (χ2v) is 8.62. The number of fused-ring (bicyclic) bond motifs is 1. The summed E-state index contributed by atoms with van der Waals surface area (Å²) in [6.45, 7) is 3.01. The monoisotopic (exact) mass is 468 g/mol. The molecule has 0 aliphatic heterocycles. The number of nitrogens with zero attached hydrogens (tertiary/aromatic N) is 3. The lowest BCUT2D eigenvalue weighted by Gasteiger charge is -2.09. The van der Waals surface area contributed by atoms with Gasteiger partial charge in [-0.1, -0.05) is 18.5 Å². The van der Waals surface area contributed by atoms with Crippen molar-refractivity contribution in [2.75, 3.05) is 4.72 Å². The van der Waals surface area contributed by atoms with Gasteiger partial charge in [0.15, 0.2) is 0 Å². The van der Waals surface area contributed by atoms with Gasteiger partial charge in [-0.15, -0.1) is 11.3 Å². The van der Waals surface area contributed by atoms with Gasteiger partial charge in [0.05, 0.1) is 22.7 Å². The van der Waals surface area contributed by atoms with Gasteiger partial charge >= 0.3 is 5.51 Å². The number of rotatable bonds is 6. The minimum absolute atomic E-state index is 0.273. The van der Waals surface area contributed by atoms with Crippen LogP contribution in [0.25, 0.3) is 32.9 Å². The zero-order valence-corrected chi connectivity index (χ0v) is 18.1. The van der Waals surface area contributed by atoms with Gasteiger partial charge in [-0.25, -0.2) is 9.97 Å². The lowest BCUT2D eigenvalue weighted by Crippen LogP contribution is -2.04. The largest absolute Gasteiger partial charge is 0.461 e. The number of aryl methyl sites for hydroxylation is 1. The molecule has 4 aromatic rings. The summed E-state index contributed by atoms with van der Waals surface area (Å²) in [7, 11) is 0. The number of hydrogen-bond donors (Lipinski definition) is 1. The van der Waals surface area contributed by atoms with Gasteiger partial charge < -0.3 is 9.29 Å². The fourth-order valence-corrected chi connectivity index (χ4v) is 4.62. The average Bonchev–Trinajstić information content (AvgIpc) is 3.34. The molecular weight excluding hydrogens is 453 g/mol. The Morgan fingerprint density at radius 3 is 2.77 bits per heavy atom. The molecule has 0 aliphatic carbocycles. The normalized spacial score (nSPS) is 11.9. The van der Waals surface area contributed by atoms with Gasteiger partial charge in [0.25, 0.3) is 0 Å². The third kappa shape index (κ3) is 4.43. The molecule has 0 atom stereocenters. The van der Waals surface area contributed by atoms with E-state index in [0.717, 1.165) is 34.6 Å². The molecule has 0 saturated carbocycles. The number of anilines is 1. The number of pyridine rings is 1. The SMILES string of the molecule is CCCn1ccc2c(-c3nc(-c4ccc(NSC(F)(F)F)cc4Cl)cs3)ccnc21. The lowest BCUT2D eigenvalue weighted by molar-refractivity contribution is -0.0323. The molecule has 0 amide bonds. The Balaban J connectivity index is 1.63. The molecule has 4 rings (SSSR count). The van der Waals surface area contributed by atoms with E-state index < -0.39 is 5.51 Å². The van der Waals surface area contributed by atoms with Crippen molar-refractivity contribution in [3.05, 3.63) is 53.1 Å². The molecule has 4 nitrogen and oxygen atoms in total. The van der Waals surface area contributed by atoms with Crippen molar-refractivity contribution in [3.8, 4) is 21.8 Å². The van der Waals surface area contributed by atoms with Crippen LogP contribution in [0.2, 0.25) is 5.02 Å². The summed E-state index contributed by atoms with van der Waals surface area (Å²) >= 11 is 7.48. The number of halogens is 4. The minimum atomic E-state index is -4.37. The van der Waals surface area contributed by atoms with E-state index in [-0.39, 0.29) is 17.6 Å². The Hall–Kier alpha value is -2.23. The van der Waals surface area contributed by atoms with Crippen molar-refractivity contribution in [3.63, 3.8) is 0 Å². The summed E-state index contributed by atoms with van der Waals surface area (Å²) in [4.78, 5) is 9.22. The standard InChI is InChI=1S/C20H16ClF3N4S2/c1-2-8-28-9-6-13-14(5-7-25-18(13)28)19-26-17(11-29-19)15-4-3-12(10-16(15)21)27-30-20(22,23)24/h3-7,9-11,27H,2,8H2,1H3. The van der Waals surface area contributed by atoms with Crippen LogP contribution in [0.1, 0.15) is 13.3 Å². The van der Waals surface area contributed by atoms with Gasteiger partial charge in [0, 0.05) is 46.5 Å². The van der Waals surface area contributed by atoms with E-state index in [1.165, 1.54) is 17.4 Å². The molecule has 0 unspecified atom stereocenters. The Morgan fingerprint density at radius 1 is 1.20 bits per heavy atom. The zero-order chi connectivity index (χ0) is 21.3. The van der Waals surface area contributed by atoms with Crippen molar-refractivity contribution in [2.24, 2.45) is 0 Å². The summed E-state index contributed by atoms with van der Waals surface area (Å²) in [5.41, 5.74) is -0.858. The molecule has 3 aromatic heterocycles. The van der Waals surface area contributed by atoms with Gasteiger partial charge in [-0.3, -0.25) is 0 Å². The number of alkyl halides is 3. The van der Waals surface area contributed by atoms with Gasteiger partial charge in [-0.05, 0) is 36.8 Å². The number of thiazole rings is 1. The lowest BCUT2D eigenvalue weighted by atomic mass is 10.1. The van der Waals surface area contributed by atoms with E-state index in [1.807, 2.05) is 23.7 Å². The molecule has 1 aromatic carbocycles. The topological polar surface area (TPSA) is 42.7 Å². The summed E-state index contributed by atoms with van der Waals surface area (Å²) in [5.74, 6) is 0. The predicted molar refractivity (Wildman–Crippen MR) is 119 cm³/mol. The van der Waals surface area contributed by atoms with Crippen LogP contribution in [-0.2, 0) is 6.54 Å². The summed E-state index contributed by atoms with van der Waals surface area (Å²) < 4.78 is 41.4. The predicted octanol–water partition coefficient (Wildman–Crippen LogP) is 7.47. The third-order valence-electron chi connectivity index (χ3n) is 4.39. The first kappa shape index (κ1) is 21.0. The smallest absolute Gasteiger partial charge is 0.333 e. The van der Waals surface area contributed by atoms with Crippen molar-refractivity contribution >= 4 is 51.6 Å².